The number of fused-ring (bicyclic) bond motifs is 1. The van der Waals surface area contributed by atoms with Crippen molar-refractivity contribution in [2.45, 2.75) is 36.5 Å². The summed E-state index contributed by atoms with van der Waals surface area (Å²) in [5.74, 6) is 0.405. The van der Waals surface area contributed by atoms with E-state index in [0.717, 1.165) is 29.3 Å². The fourth-order valence-electron chi connectivity index (χ4n) is 3.20. The van der Waals surface area contributed by atoms with Crippen LogP contribution in [0.4, 0.5) is 0 Å². The molecule has 5 heteroatoms. The Hall–Kier alpha value is -2.27. The first-order valence-corrected chi connectivity index (χ1v) is 9.85. The average molecular weight is 357 g/mol. The maximum absolute atomic E-state index is 13.1. The zero-order valence-electron chi connectivity index (χ0n) is 15.0. The number of methoxy groups -OCH3 is 1. The molecule has 132 valence electrons. The number of ether oxygens (including phenoxy) is 1. The second-order valence-corrected chi connectivity index (χ2v) is 8.21. The molecule has 3 rings (SSSR count). The molecule has 2 aromatic carbocycles. The quantitative estimate of drug-likeness (QED) is 0.685. The topological polar surface area (TPSA) is 48.3 Å². The highest BCUT2D eigenvalue weighted by Crippen LogP contribution is 2.37. The first kappa shape index (κ1) is 17.5. The molecule has 4 nitrogen and oxygen atoms in total. The molecule has 1 heterocycles. The van der Waals surface area contributed by atoms with Gasteiger partial charge in [0.2, 0.25) is 9.84 Å². The summed E-state index contributed by atoms with van der Waals surface area (Å²) in [6, 6.07) is 12.5. The van der Waals surface area contributed by atoms with Crippen LogP contribution in [-0.4, -0.2) is 20.1 Å². The minimum absolute atomic E-state index is 0.204. The second kappa shape index (κ2) is 6.56. The van der Waals surface area contributed by atoms with Gasteiger partial charge in [0, 0.05) is 18.1 Å². The first-order valence-electron chi connectivity index (χ1n) is 8.37. The normalized spacial score (nSPS) is 11.8. The van der Waals surface area contributed by atoms with Crippen molar-refractivity contribution in [3.8, 4) is 5.75 Å². The van der Waals surface area contributed by atoms with Crippen LogP contribution in [0, 0.1) is 6.92 Å². The van der Waals surface area contributed by atoms with Crippen molar-refractivity contribution in [3.63, 3.8) is 0 Å². The highest BCUT2D eigenvalue weighted by atomic mass is 32.2. The molecule has 0 atom stereocenters. The van der Waals surface area contributed by atoms with E-state index in [1.54, 1.807) is 30.3 Å². The molecule has 3 aromatic rings. The number of aryl methyl sites for hydroxylation is 3. The lowest BCUT2D eigenvalue weighted by Gasteiger charge is -2.13. The Balaban J connectivity index is 2.26. The van der Waals surface area contributed by atoms with E-state index in [2.05, 4.69) is 13.0 Å². The molecule has 0 aliphatic rings. The number of rotatable bonds is 5. The number of aromatic nitrogens is 1. The van der Waals surface area contributed by atoms with Gasteiger partial charge < -0.3 is 9.30 Å². The van der Waals surface area contributed by atoms with E-state index in [1.807, 2.05) is 24.6 Å². The maximum Gasteiger partial charge on any atom is 0.210 e. The Kier molecular flexibility index (Phi) is 4.60. The Bertz CT molecular complexity index is 1020. The van der Waals surface area contributed by atoms with Gasteiger partial charge in [-0.2, -0.15) is 0 Å². The van der Waals surface area contributed by atoms with Crippen molar-refractivity contribution in [1.29, 1.82) is 0 Å². The summed E-state index contributed by atoms with van der Waals surface area (Å²) < 4.78 is 33.8. The van der Waals surface area contributed by atoms with Gasteiger partial charge >= 0.3 is 0 Å². The largest absolute Gasteiger partial charge is 0.493 e. The molecule has 0 saturated heterocycles. The van der Waals surface area contributed by atoms with Crippen molar-refractivity contribution in [2.75, 3.05) is 7.11 Å². The average Bonchev–Trinajstić information content (AvgIpc) is 2.91. The fourth-order valence-corrected chi connectivity index (χ4v) is 4.62. The summed E-state index contributed by atoms with van der Waals surface area (Å²) in [6.45, 7) is 4.06. The van der Waals surface area contributed by atoms with E-state index < -0.39 is 9.84 Å². The van der Waals surface area contributed by atoms with Crippen LogP contribution in [0.2, 0.25) is 0 Å². The van der Waals surface area contributed by atoms with Crippen LogP contribution < -0.4 is 4.74 Å². The van der Waals surface area contributed by atoms with Crippen LogP contribution in [0.3, 0.4) is 0 Å². The Morgan fingerprint density at radius 1 is 1.08 bits per heavy atom. The molecule has 0 bridgehead atoms. The molecule has 0 aliphatic carbocycles. The highest BCUT2D eigenvalue weighted by Gasteiger charge is 2.25. The summed E-state index contributed by atoms with van der Waals surface area (Å²) in [6.07, 6.45) is 1.97. The minimum atomic E-state index is -3.65. The van der Waals surface area contributed by atoms with E-state index in [0.29, 0.717) is 5.75 Å². The number of benzene rings is 2. The SMILES string of the molecule is CCCc1cc2ccc(S(=O)(=O)c3ccc(C)cc3)c(OC)c2n1C. The third-order valence-corrected chi connectivity index (χ3v) is 6.34. The molecule has 0 unspecified atom stereocenters. The first-order chi connectivity index (χ1) is 11.9. The van der Waals surface area contributed by atoms with Gasteiger partial charge in [-0.15, -0.1) is 0 Å². The maximum atomic E-state index is 13.1. The molecule has 0 spiro atoms. The van der Waals surface area contributed by atoms with Crippen LogP contribution in [-0.2, 0) is 23.3 Å². The van der Waals surface area contributed by atoms with E-state index in [4.69, 9.17) is 4.74 Å². The zero-order chi connectivity index (χ0) is 18.2. The molecule has 0 saturated carbocycles. The van der Waals surface area contributed by atoms with Crippen molar-refractivity contribution in [3.05, 3.63) is 53.7 Å². The predicted molar refractivity (Wildman–Crippen MR) is 100 cm³/mol. The van der Waals surface area contributed by atoms with Gasteiger partial charge in [-0.25, -0.2) is 8.42 Å². The molecule has 0 amide bonds. The molecule has 0 aliphatic heterocycles. The van der Waals surface area contributed by atoms with Gasteiger partial charge in [0.15, 0.2) is 5.75 Å². The summed E-state index contributed by atoms with van der Waals surface area (Å²) in [5, 5.41) is 0.991. The van der Waals surface area contributed by atoms with Crippen molar-refractivity contribution >= 4 is 20.7 Å². The van der Waals surface area contributed by atoms with Gasteiger partial charge in [0.1, 0.15) is 4.90 Å². The Morgan fingerprint density at radius 2 is 1.76 bits per heavy atom. The number of hydrogen-bond donors (Lipinski definition) is 0. The van der Waals surface area contributed by atoms with Gasteiger partial charge in [0.05, 0.1) is 17.5 Å². The Morgan fingerprint density at radius 3 is 2.36 bits per heavy atom. The molecular formula is C20H23NO3S. The predicted octanol–water partition coefficient (Wildman–Crippen LogP) is 4.28. The lowest BCUT2D eigenvalue weighted by molar-refractivity contribution is 0.406. The van der Waals surface area contributed by atoms with E-state index >= 15 is 0 Å². The van der Waals surface area contributed by atoms with E-state index in [1.165, 1.54) is 12.8 Å². The number of nitrogens with zero attached hydrogens (tertiary/aromatic N) is 1. The fraction of sp³-hybridized carbons (Fsp3) is 0.300. The van der Waals surface area contributed by atoms with Gasteiger partial charge in [0.25, 0.3) is 0 Å². The molecule has 0 N–H and O–H groups in total. The van der Waals surface area contributed by atoms with Crippen molar-refractivity contribution < 1.29 is 13.2 Å². The van der Waals surface area contributed by atoms with Gasteiger partial charge in [-0.3, -0.25) is 0 Å². The van der Waals surface area contributed by atoms with Crippen molar-refractivity contribution in [2.24, 2.45) is 7.05 Å². The molecular weight excluding hydrogens is 334 g/mol. The standard InChI is InChI=1S/C20H23NO3S/c1-5-6-16-13-15-9-12-18(20(24-4)19(15)21(16)3)25(22,23)17-10-7-14(2)8-11-17/h7-13H,5-6H2,1-4H3. The zero-order valence-corrected chi connectivity index (χ0v) is 15.9. The second-order valence-electron chi connectivity index (χ2n) is 6.30. The number of hydrogen-bond acceptors (Lipinski definition) is 3. The highest BCUT2D eigenvalue weighted by molar-refractivity contribution is 7.91. The molecule has 0 fully saturated rings. The van der Waals surface area contributed by atoms with E-state index in [9.17, 15) is 8.42 Å². The summed E-state index contributed by atoms with van der Waals surface area (Å²) in [7, 11) is -0.168. The van der Waals surface area contributed by atoms with Crippen LogP contribution in [0.15, 0.2) is 52.3 Å². The third-order valence-electron chi connectivity index (χ3n) is 4.55. The van der Waals surface area contributed by atoms with Gasteiger partial charge in [-0.1, -0.05) is 37.1 Å². The van der Waals surface area contributed by atoms with E-state index in [-0.39, 0.29) is 9.79 Å². The summed E-state index contributed by atoms with van der Waals surface area (Å²) >= 11 is 0. The lowest BCUT2D eigenvalue weighted by atomic mass is 10.2. The lowest BCUT2D eigenvalue weighted by Crippen LogP contribution is -2.06. The summed E-state index contributed by atoms with van der Waals surface area (Å²) in [4.78, 5) is 0.481. The molecule has 25 heavy (non-hydrogen) atoms. The molecule has 1 aromatic heterocycles. The van der Waals surface area contributed by atoms with Crippen LogP contribution in [0.25, 0.3) is 10.9 Å². The minimum Gasteiger partial charge on any atom is -0.493 e. The molecule has 0 radical (unpaired) electrons. The monoisotopic (exact) mass is 357 g/mol. The summed E-state index contributed by atoms with van der Waals surface area (Å²) in [5.41, 5.74) is 3.01. The Labute approximate surface area is 149 Å². The van der Waals surface area contributed by atoms with Crippen LogP contribution in [0.5, 0.6) is 5.75 Å². The smallest absolute Gasteiger partial charge is 0.210 e. The van der Waals surface area contributed by atoms with Crippen LogP contribution >= 0.6 is 0 Å². The van der Waals surface area contributed by atoms with Gasteiger partial charge in [-0.05, 0) is 37.6 Å². The van der Waals surface area contributed by atoms with Crippen molar-refractivity contribution in [1.82, 2.24) is 4.57 Å². The third kappa shape index (κ3) is 2.93. The number of sulfone groups is 1. The van der Waals surface area contributed by atoms with Crippen LogP contribution in [0.1, 0.15) is 24.6 Å².